The molecular formula is C21H23N5O. The van der Waals surface area contributed by atoms with Gasteiger partial charge in [-0.25, -0.2) is 0 Å². The van der Waals surface area contributed by atoms with E-state index in [1.807, 2.05) is 37.4 Å². The van der Waals surface area contributed by atoms with Crippen molar-refractivity contribution in [3.63, 3.8) is 0 Å². The van der Waals surface area contributed by atoms with Crippen LogP contribution in [0, 0.1) is 0 Å². The Bertz CT molecular complexity index is 893. The van der Waals surface area contributed by atoms with Crippen molar-refractivity contribution in [3.8, 4) is 0 Å². The molecule has 0 radical (unpaired) electrons. The summed E-state index contributed by atoms with van der Waals surface area (Å²) in [5.74, 6) is 0. The third-order valence-corrected chi connectivity index (χ3v) is 5.29. The standard InChI is InChI=1S/C21H23N5O/c1-15-20-12-21(23-24-25(2)13-18-6-3-4-8-22-18)17(14-27)10-16(20)11-19-7-5-9-26(15)19/h3-4,6,8,10,12,14,19H,1,5,7,9,11,13H2,2H3. The fraction of sp³-hybridized carbons (Fsp3) is 0.333. The zero-order valence-electron chi connectivity index (χ0n) is 15.5. The third-order valence-electron chi connectivity index (χ3n) is 5.29. The molecule has 27 heavy (non-hydrogen) atoms. The predicted molar refractivity (Wildman–Crippen MR) is 105 cm³/mol. The summed E-state index contributed by atoms with van der Waals surface area (Å²) in [5.41, 5.74) is 5.37. The number of fused-ring (bicyclic) bond motifs is 2. The van der Waals surface area contributed by atoms with Crippen molar-refractivity contribution in [1.82, 2.24) is 14.9 Å². The van der Waals surface area contributed by atoms with Crippen LogP contribution in [0.4, 0.5) is 5.69 Å². The number of aldehydes is 1. The van der Waals surface area contributed by atoms with Gasteiger partial charge in [-0.15, -0.1) is 5.11 Å². The van der Waals surface area contributed by atoms with Gasteiger partial charge in [0, 0.05) is 42.7 Å². The molecule has 1 fully saturated rings. The van der Waals surface area contributed by atoms with E-state index < -0.39 is 0 Å². The van der Waals surface area contributed by atoms with E-state index in [-0.39, 0.29) is 0 Å². The van der Waals surface area contributed by atoms with Crippen molar-refractivity contribution in [1.29, 1.82) is 0 Å². The lowest BCUT2D eigenvalue weighted by Gasteiger charge is -2.35. The van der Waals surface area contributed by atoms with Gasteiger partial charge in [-0.1, -0.05) is 17.9 Å². The van der Waals surface area contributed by atoms with Crippen LogP contribution in [0.2, 0.25) is 0 Å². The second-order valence-corrected chi connectivity index (χ2v) is 7.15. The molecular weight excluding hydrogens is 338 g/mol. The van der Waals surface area contributed by atoms with E-state index in [2.05, 4.69) is 26.8 Å². The summed E-state index contributed by atoms with van der Waals surface area (Å²) in [5, 5.41) is 10.3. The summed E-state index contributed by atoms with van der Waals surface area (Å²) in [6.07, 6.45) is 5.96. The first-order chi connectivity index (χ1) is 13.2. The maximum atomic E-state index is 11.6. The number of rotatable bonds is 5. The van der Waals surface area contributed by atoms with Gasteiger partial charge in [0.2, 0.25) is 0 Å². The third kappa shape index (κ3) is 3.47. The minimum absolute atomic E-state index is 0.515. The average molecular weight is 361 g/mol. The van der Waals surface area contributed by atoms with Gasteiger partial charge < -0.3 is 4.90 Å². The molecule has 1 unspecified atom stereocenters. The number of benzene rings is 1. The molecule has 0 amide bonds. The van der Waals surface area contributed by atoms with E-state index in [1.54, 1.807) is 11.2 Å². The summed E-state index contributed by atoms with van der Waals surface area (Å²) < 4.78 is 0. The molecule has 4 rings (SSSR count). The first-order valence-corrected chi connectivity index (χ1v) is 9.26. The zero-order valence-corrected chi connectivity index (χ0v) is 15.5. The Morgan fingerprint density at radius 2 is 2.30 bits per heavy atom. The summed E-state index contributed by atoms with van der Waals surface area (Å²) in [6.45, 7) is 5.90. The van der Waals surface area contributed by atoms with Crippen LogP contribution in [0.1, 0.15) is 40.0 Å². The molecule has 1 aromatic heterocycles. The number of aromatic nitrogens is 1. The molecule has 0 aliphatic carbocycles. The largest absolute Gasteiger partial charge is 0.368 e. The number of hydrogen-bond acceptors (Lipinski definition) is 5. The van der Waals surface area contributed by atoms with Crippen LogP contribution in [0.25, 0.3) is 5.70 Å². The molecule has 0 bridgehead atoms. The van der Waals surface area contributed by atoms with Gasteiger partial charge in [0.05, 0.1) is 17.9 Å². The van der Waals surface area contributed by atoms with E-state index in [0.29, 0.717) is 23.8 Å². The molecule has 0 N–H and O–H groups in total. The van der Waals surface area contributed by atoms with Crippen LogP contribution >= 0.6 is 0 Å². The molecule has 1 aromatic carbocycles. The maximum absolute atomic E-state index is 11.6. The van der Waals surface area contributed by atoms with Crippen LogP contribution in [0.15, 0.2) is 53.4 Å². The minimum Gasteiger partial charge on any atom is -0.368 e. The SMILES string of the molecule is C=C1c2cc(N=NN(C)Cc3ccccn3)c(C=O)cc2CC2CCCN12. The predicted octanol–water partition coefficient (Wildman–Crippen LogP) is 4.02. The van der Waals surface area contributed by atoms with Crippen molar-refractivity contribution < 1.29 is 4.79 Å². The lowest BCUT2D eigenvalue weighted by molar-refractivity contribution is 0.112. The second-order valence-electron chi connectivity index (χ2n) is 7.15. The Kier molecular flexibility index (Phi) is 4.71. The monoisotopic (exact) mass is 361 g/mol. The average Bonchev–Trinajstić information content (AvgIpc) is 3.15. The highest BCUT2D eigenvalue weighted by Gasteiger charge is 2.32. The molecule has 2 aliphatic heterocycles. The highest BCUT2D eigenvalue weighted by atomic mass is 16.1. The second kappa shape index (κ2) is 7.31. The van der Waals surface area contributed by atoms with Crippen molar-refractivity contribution in [2.75, 3.05) is 13.6 Å². The zero-order chi connectivity index (χ0) is 18.8. The van der Waals surface area contributed by atoms with Gasteiger partial charge in [-0.05, 0) is 49.1 Å². The molecule has 3 heterocycles. The molecule has 0 saturated carbocycles. The Balaban J connectivity index is 1.58. The lowest BCUT2D eigenvalue weighted by Crippen LogP contribution is -2.33. The van der Waals surface area contributed by atoms with E-state index in [4.69, 9.17) is 0 Å². The fourth-order valence-electron chi connectivity index (χ4n) is 3.96. The molecule has 2 aromatic rings. The molecule has 1 saturated heterocycles. The number of pyridine rings is 1. The molecule has 6 heteroatoms. The summed E-state index contributed by atoms with van der Waals surface area (Å²) in [4.78, 5) is 18.3. The molecule has 138 valence electrons. The molecule has 0 spiro atoms. The van der Waals surface area contributed by atoms with Gasteiger partial charge in [0.25, 0.3) is 0 Å². The first-order valence-electron chi connectivity index (χ1n) is 9.26. The maximum Gasteiger partial charge on any atom is 0.152 e. The number of carbonyl (C=O) groups is 1. The van der Waals surface area contributed by atoms with Gasteiger partial charge in [0.15, 0.2) is 6.29 Å². The van der Waals surface area contributed by atoms with Crippen LogP contribution in [0.5, 0.6) is 0 Å². The molecule has 6 nitrogen and oxygen atoms in total. The Labute approximate surface area is 159 Å². The molecule has 1 atom stereocenters. The highest BCUT2D eigenvalue weighted by molar-refractivity contribution is 5.86. The van der Waals surface area contributed by atoms with E-state index >= 15 is 0 Å². The number of nitrogens with zero attached hydrogens (tertiary/aromatic N) is 5. The minimum atomic E-state index is 0.515. The molecule has 2 aliphatic rings. The Hall–Kier alpha value is -3.02. The summed E-state index contributed by atoms with van der Waals surface area (Å²) in [7, 11) is 1.84. The quantitative estimate of drug-likeness (QED) is 0.458. The highest BCUT2D eigenvalue weighted by Crippen LogP contribution is 2.39. The lowest BCUT2D eigenvalue weighted by atomic mass is 9.90. The fourth-order valence-corrected chi connectivity index (χ4v) is 3.96. The Morgan fingerprint density at radius 1 is 1.41 bits per heavy atom. The van der Waals surface area contributed by atoms with Crippen molar-refractivity contribution >= 4 is 17.7 Å². The summed E-state index contributed by atoms with van der Waals surface area (Å²) >= 11 is 0. The van der Waals surface area contributed by atoms with Crippen molar-refractivity contribution in [2.24, 2.45) is 10.3 Å². The van der Waals surface area contributed by atoms with Crippen LogP contribution in [0.3, 0.4) is 0 Å². The van der Waals surface area contributed by atoms with Crippen LogP contribution < -0.4 is 0 Å². The van der Waals surface area contributed by atoms with Gasteiger partial charge >= 0.3 is 0 Å². The van der Waals surface area contributed by atoms with Crippen LogP contribution in [-0.4, -0.2) is 40.8 Å². The summed E-state index contributed by atoms with van der Waals surface area (Å²) in [6, 6.07) is 10.2. The van der Waals surface area contributed by atoms with E-state index in [0.717, 1.165) is 36.2 Å². The number of hydrogen-bond donors (Lipinski definition) is 0. The Morgan fingerprint density at radius 3 is 3.07 bits per heavy atom. The van der Waals surface area contributed by atoms with E-state index in [1.165, 1.54) is 18.4 Å². The first kappa shape index (κ1) is 17.4. The normalized spacial score (nSPS) is 18.5. The van der Waals surface area contributed by atoms with Gasteiger partial charge in [-0.2, -0.15) is 0 Å². The van der Waals surface area contributed by atoms with E-state index in [9.17, 15) is 4.79 Å². The van der Waals surface area contributed by atoms with Crippen molar-refractivity contribution in [3.05, 3.63) is 65.5 Å². The van der Waals surface area contributed by atoms with Crippen LogP contribution in [-0.2, 0) is 13.0 Å². The van der Waals surface area contributed by atoms with Gasteiger partial charge in [0.1, 0.15) is 0 Å². The van der Waals surface area contributed by atoms with Crippen molar-refractivity contribution in [2.45, 2.75) is 31.8 Å². The smallest absolute Gasteiger partial charge is 0.152 e. The number of carbonyl (C=O) groups excluding carboxylic acids is 1. The van der Waals surface area contributed by atoms with Gasteiger partial charge in [-0.3, -0.25) is 14.8 Å². The topological polar surface area (TPSA) is 61.2 Å².